The number of nitrogens with two attached hydrogens (primary N) is 1. The SMILES string of the molecule is CC(C)[C@@H]1CC[C@@H](C)C[C@H]1OC(=O)C(C(N)=O)c1ccccc1. The number of rotatable bonds is 5. The molecule has 4 atom stereocenters. The average molecular weight is 317 g/mol. The number of benzene rings is 1. The number of esters is 1. The van der Waals surface area contributed by atoms with E-state index < -0.39 is 17.8 Å². The van der Waals surface area contributed by atoms with Crippen LogP contribution in [0.3, 0.4) is 0 Å². The van der Waals surface area contributed by atoms with Crippen LogP contribution in [-0.4, -0.2) is 18.0 Å². The van der Waals surface area contributed by atoms with Crippen molar-refractivity contribution in [2.24, 2.45) is 23.5 Å². The van der Waals surface area contributed by atoms with Crippen LogP contribution in [-0.2, 0) is 14.3 Å². The highest BCUT2D eigenvalue weighted by Crippen LogP contribution is 2.36. The molecule has 4 heteroatoms. The summed E-state index contributed by atoms with van der Waals surface area (Å²) in [4.78, 5) is 24.4. The number of amides is 1. The Kier molecular flexibility index (Phi) is 5.80. The molecule has 0 bridgehead atoms. The summed E-state index contributed by atoms with van der Waals surface area (Å²) in [5, 5.41) is 0. The average Bonchev–Trinajstić information content (AvgIpc) is 2.47. The summed E-state index contributed by atoms with van der Waals surface area (Å²) in [5.74, 6) is -0.879. The van der Waals surface area contributed by atoms with Crippen LogP contribution in [0.25, 0.3) is 0 Å². The number of hydrogen-bond donors (Lipinski definition) is 1. The normalized spacial score (nSPS) is 25.8. The molecular weight excluding hydrogens is 290 g/mol. The second-order valence-corrected chi connectivity index (χ2v) is 7.05. The highest BCUT2D eigenvalue weighted by Gasteiger charge is 2.36. The van der Waals surface area contributed by atoms with Crippen molar-refractivity contribution < 1.29 is 14.3 Å². The molecule has 1 aliphatic rings. The molecule has 1 aromatic rings. The van der Waals surface area contributed by atoms with Crippen LogP contribution >= 0.6 is 0 Å². The molecule has 0 aromatic heterocycles. The minimum atomic E-state index is -1.03. The highest BCUT2D eigenvalue weighted by atomic mass is 16.5. The maximum atomic E-state index is 12.6. The van der Waals surface area contributed by atoms with Crippen LogP contribution in [0.15, 0.2) is 30.3 Å². The zero-order chi connectivity index (χ0) is 17.0. The first-order chi connectivity index (χ1) is 10.9. The van der Waals surface area contributed by atoms with E-state index >= 15 is 0 Å². The van der Waals surface area contributed by atoms with E-state index in [9.17, 15) is 9.59 Å². The number of carbonyl (C=O) groups excluding carboxylic acids is 2. The molecule has 0 radical (unpaired) electrons. The van der Waals surface area contributed by atoms with Crippen molar-refractivity contribution in [2.75, 3.05) is 0 Å². The Hall–Kier alpha value is -1.84. The molecule has 23 heavy (non-hydrogen) atoms. The highest BCUT2D eigenvalue weighted by molar-refractivity contribution is 6.02. The van der Waals surface area contributed by atoms with E-state index in [1.165, 1.54) is 0 Å². The molecule has 0 heterocycles. The topological polar surface area (TPSA) is 69.4 Å². The van der Waals surface area contributed by atoms with Crippen molar-refractivity contribution >= 4 is 11.9 Å². The second-order valence-electron chi connectivity index (χ2n) is 7.05. The zero-order valence-corrected chi connectivity index (χ0v) is 14.2. The van der Waals surface area contributed by atoms with Gasteiger partial charge in [0.05, 0.1) is 0 Å². The Morgan fingerprint density at radius 2 is 1.83 bits per heavy atom. The fourth-order valence-corrected chi connectivity index (χ4v) is 3.53. The second kappa shape index (κ2) is 7.62. The summed E-state index contributed by atoms with van der Waals surface area (Å²) < 4.78 is 5.77. The molecule has 1 unspecified atom stereocenters. The molecule has 1 aromatic carbocycles. The Balaban J connectivity index is 2.15. The van der Waals surface area contributed by atoms with Crippen molar-refractivity contribution in [3.8, 4) is 0 Å². The summed E-state index contributed by atoms with van der Waals surface area (Å²) in [6.07, 6.45) is 2.95. The molecule has 0 saturated heterocycles. The number of ether oxygens (including phenoxy) is 1. The molecule has 1 saturated carbocycles. The van der Waals surface area contributed by atoms with Crippen molar-refractivity contribution in [1.29, 1.82) is 0 Å². The first-order valence-electron chi connectivity index (χ1n) is 8.45. The number of carbonyl (C=O) groups is 2. The van der Waals surface area contributed by atoms with Crippen molar-refractivity contribution in [3.05, 3.63) is 35.9 Å². The van der Waals surface area contributed by atoms with Crippen LogP contribution < -0.4 is 5.73 Å². The zero-order valence-electron chi connectivity index (χ0n) is 14.2. The van der Waals surface area contributed by atoms with Crippen LogP contribution in [0.4, 0.5) is 0 Å². The van der Waals surface area contributed by atoms with Gasteiger partial charge in [0.25, 0.3) is 0 Å². The fraction of sp³-hybridized carbons (Fsp3) is 0.579. The Morgan fingerprint density at radius 3 is 2.39 bits per heavy atom. The van der Waals surface area contributed by atoms with E-state index in [1.807, 2.05) is 6.07 Å². The van der Waals surface area contributed by atoms with Gasteiger partial charge in [0, 0.05) is 0 Å². The lowest BCUT2D eigenvalue weighted by Crippen LogP contribution is -2.39. The van der Waals surface area contributed by atoms with Gasteiger partial charge in [-0.25, -0.2) is 0 Å². The number of primary amides is 1. The van der Waals surface area contributed by atoms with Gasteiger partial charge in [-0.2, -0.15) is 0 Å². The quantitative estimate of drug-likeness (QED) is 0.669. The Bertz CT molecular complexity index is 541. The van der Waals surface area contributed by atoms with Gasteiger partial charge >= 0.3 is 5.97 Å². The molecule has 2 N–H and O–H groups in total. The van der Waals surface area contributed by atoms with Crippen LogP contribution in [0.2, 0.25) is 0 Å². The van der Waals surface area contributed by atoms with Crippen LogP contribution in [0.5, 0.6) is 0 Å². The number of hydrogen-bond acceptors (Lipinski definition) is 3. The van der Waals surface area contributed by atoms with Gasteiger partial charge < -0.3 is 10.5 Å². The Morgan fingerprint density at radius 1 is 1.17 bits per heavy atom. The van der Waals surface area contributed by atoms with Gasteiger partial charge in [-0.05, 0) is 36.2 Å². The summed E-state index contributed by atoms with van der Waals surface area (Å²) >= 11 is 0. The van der Waals surface area contributed by atoms with Crippen molar-refractivity contribution in [2.45, 2.75) is 52.1 Å². The molecule has 0 spiro atoms. The molecule has 1 amide bonds. The molecule has 1 aliphatic carbocycles. The van der Waals surface area contributed by atoms with Crippen molar-refractivity contribution in [3.63, 3.8) is 0 Å². The molecular formula is C19H27NO3. The van der Waals surface area contributed by atoms with E-state index in [-0.39, 0.29) is 6.10 Å². The van der Waals surface area contributed by atoms with Gasteiger partial charge in [-0.1, -0.05) is 57.5 Å². The predicted octanol–water partition coefficient (Wildman–Crippen LogP) is 3.26. The lowest BCUT2D eigenvalue weighted by atomic mass is 9.75. The summed E-state index contributed by atoms with van der Waals surface area (Å²) in [5.41, 5.74) is 6.05. The van der Waals surface area contributed by atoms with E-state index in [4.69, 9.17) is 10.5 Å². The van der Waals surface area contributed by atoms with E-state index in [0.717, 1.165) is 19.3 Å². The molecule has 0 aliphatic heterocycles. The summed E-state index contributed by atoms with van der Waals surface area (Å²) in [7, 11) is 0. The van der Waals surface area contributed by atoms with Gasteiger partial charge in [-0.15, -0.1) is 0 Å². The minimum absolute atomic E-state index is 0.128. The summed E-state index contributed by atoms with van der Waals surface area (Å²) in [6, 6.07) is 8.89. The van der Waals surface area contributed by atoms with Gasteiger partial charge in [0.2, 0.25) is 5.91 Å². The first-order valence-corrected chi connectivity index (χ1v) is 8.45. The molecule has 126 valence electrons. The maximum absolute atomic E-state index is 12.6. The smallest absolute Gasteiger partial charge is 0.323 e. The maximum Gasteiger partial charge on any atom is 0.323 e. The van der Waals surface area contributed by atoms with Gasteiger partial charge in [-0.3, -0.25) is 9.59 Å². The molecule has 2 rings (SSSR count). The minimum Gasteiger partial charge on any atom is -0.461 e. The first kappa shape index (κ1) is 17.5. The van der Waals surface area contributed by atoms with Crippen LogP contribution in [0, 0.1) is 17.8 Å². The third-order valence-corrected chi connectivity index (χ3v) is 4.88. The molecule has 1 fully saturated rings. The largest absolute Gasteiger partial charge is 0.461 e. The van der Waals surface area contributed by atoms with E-state index in [1.54, 1.807) is 24.3 Å². The fourth-order valence-electron chi connectivity index (χ4n) is 3.53. The lowest BCUT2D eigenvalue weighted by Gasteiger charge is -2.37. The van der Waals surface area contributed by atoms with Crippen molar-refractivity contribution in [1.82, 2.24) is 0 Å². The third kappa shape index (κ3) is 4.34. The summed E-state index contributed by atoms with van der Waals surface area (Å²) in [6.45, 7) is 6.49. The monoisotopic (exact) mass is 317 g/mol. The van der Waals surface area contributed by atoms with E-state index in [2.05, 4.69) is 20.8 Å². The third-order valence-electron chi connectivity index (χ3n) is 4.88. The standard InChI is InChI=1S/C19H27NO3/c1-12(2)15-10-9-13(3)11-16(15)23-19(22)17(18(20)21)14-7-5-4-6-8-14/h4-8,12-13,15-17H,9-11H2,1-3H3,(H2,20,21)/t13-,15+,16-,17?/m1/s1. The lowest BCUT2D eigenvalue weighted by molar-refractivity contribution is -0.159. The Labute approximate surface area is 138 Å². The van der Waals surface area contributed by atoms with Gasteiger partial charge in [0.1, 0.15) is 6.10 Å². The van der Waals surface area contributed by atoms with Crippen LogP contribution in [0.1, 0.15) is 51.5 Å². The predicted molar refractivity (Wildman–Crippen MR) is 89.6 cm³/mol. The van der Waals surface area contributed by atoms with E-state index in [0.29, 0.717) is 23.3 Å². The van der Waals surface area contributed by atoms with Gasteiger partial charge in [0.15, 0.2) is 5.92 Å². The molecule has 4 nitrogen and oxygen atoms in total.